The first-order valence-corrected chi connectivity index (χ1v) is 8.51. The molecule has 24 heavy (non-hydrogen) atoms. The van der Waals surface area contributed by atoms with Crippen LogP contribution in [0.1, 0.15) is 5.56 Å². The van der Waals surface area contributed by atoms with Crippen LogP contribution in [0.2, 0.25) is 0 Å². The summed E-state index contributed by atoms with van der Waals surface area (Å²) in [6.07, 6.45) is 2.26. The van der Waals surface area contributed by atoms with E-state index in [9.17, 15) is 9.90 Å². The number of rotatable bonds is 7. The summed E-state index contributed by atoms with van der Waals surface area (Å²) in [5.41, 5.74) is 2.05. The van der Waals surface area contributed by atoms with E-state index in [1.807, 2.05) is 30.5 Å². The van der Waals surface area contributed by atoms with Gasteiger partial charge in [-0.05, 0) is 11.6 Å². The highest BCUT2D eigenvalue weighted by Gasteiger charge is 2.18. The minimum Gasteiger partial charge on any atom is -0.395 e. The number of benzene rings is 1. The van der Waals surface area contributed by atoms with Gasteiger partial charge in [0.1, 0.15) is 0 Å². The van der Waals surface area contributed by atoms with Crippen LogP contribution in [0.3, 0.4) is 0 Å². The number of H-pyrrole nitrogens is 1. The fraction of sp³-hybridized carbons (Fsp3) is 0.500. The van der Waals surface area contributed by atoms with E-state index in [1.165, 1.54) is 0 Å². The quantitative estimate of drug-likeness (QED) is 0.790. The molecule has 1 saturated heterocycles. The molecule has 3 rings (SSSR count). The summed E-state index contributed by atoms with van der Waals surface area (Å²) in [6.45, 7) is 5.15. The number of hydrogen-bond acceptors (Lipinski definition) is 4. The van der Waals surface area contributed by atoms with Crippen molar-refractivity contribution in [1.29, 1.82) is 0 Å². The van der Waals surface area contributed by atoms with Crippen LogP contribution in [0.25, 0.3) is 10.9 Å². The zero-order valence-electron chi connectivity index (χ0n) is 13.9. The summed E-state index contributed by atoms with van der Waals surface area (Å²) < 4.78 is 5.35. The Morgan fingerprint density at radius 3 is 2.83 bits per heavy atom. The van der Waals surface area contributed by atoms with E-state index in [1.54, 1.807) is 4.90 Å². The monoisotopic (exact) mass is 331 g/mol. The molecule has 0 spiro atoms. The first kappa shape index (κ1) is 17.0. The van der Waals surface area contributed by atoms with Crippen molar-refractivity contribution in [2.24, 2.45) is 0 Å². The molecule has 6 heteroatoms. The van der Waals surface area contributed by atoms with Gasteiger partial charge in [-0.25, -0.2) is 0 Å². The molecule has 2 heterocycles. The molecule has 0 aliphatic carbocycles. The number of morpholine rings is 1. The third kappa shape index (κ3) is 4.14. The maximum absolute atomic E-state index is 12.7. The molecule has 1 aliphatic rings. The Kier molecular flexibility index (Phi) is 5.85. The number of aromatic nitrogens is 1. The Morgan fingerprint density at radius 1 is 1.25 bits per heavy atom. The SMILES string of the molecule is O=C(Cc1c[nH]c2ccccc12)N(CCO)CCN1CCOCC1. The molecule has 1 amide bonds. The molecule has 1 aromatic heterocycles. The van der Waals surface area contributed by atoms with Gasteiger partial charge in [-0.1, -0.05) is 18.2 Å². The number of nitrogens with one attached hydrogen (secondary N) is 1. The molecule has 2 N–H and O–H groups in total. The van der Waals surface area contributed by atoms with Crippen LogP contribution in [0.15, 0.2) is 30.5 Å². The predicted molar refractivity (Wildman–Crippen MR) is 92.9 cm³/mol. The summed E-state index contributed by atoms with van der Waals surface area (Å²) >= 11 is 0. The highest BCUT2D eigenvalue weighted by molar-refractivity contribution is 5.88. The number of carbonyl (C=O) groups is 1. The first-order valence-electron chi connectivity index (χ1n) is 8.51. The molecule has 0 atom stereocenters. The lowest BCUT2D eigenvalue weighted by atomic mass is 10.1. The fourth-order valence-electron chi connectivity index (χ4n) is 3.12. The van der Waals surface area contributed by atoms with E-state index >= 15 is 0 Å². The second-order valence-corrected chi connectivity index (χ2v) is 6.09. The van der Waals surface area contributed by atoms with Crippen molar-refractivity contribution in [1.82, 2.24) is 14.8 Å². The number of carbonyl (C=O) groups excluding carboxylic acids is 1. The molecule has 1 aliphatic heterocycles. The van der Waals surface area contributed by atoms with Crippen molar-refractivity contribution < 1.29 is 14.6 Å². The van der Waals surface area contributed by atoms with E-state index < -0.39 is 0 Å². The van der Waals surface area contributed by atoms with E-state index in [-0.39, 0.29) is 12.5 Å². The van der Waals surface area contributed by atoms with E-state index in [2.05, 4.69) is 9.88 Å². The van der Waals surface area contributed by atoms with Crippen molar-refractivity contribution in [3.8, 4) is 0 Å². The molecule has 0 unspecified atom stereocenters. The first-order chi connectivity index (χ1) is 11.8. The van der Waals surface area contributed by atoms with Crippen molar-refractivity contribution in [3.05, 3.63) is 36.0 Å². The van der Waals surface area contributed by atoms with Crippen LogP contribution < -0.4 is 0 Å². The summed E-state index contributed by atoms with van der Waals surface area (Å²) in [5.74, 6) is 0.0575. The van der Waals surface area contributed by atoms with Gasteiger partial charge in [0.25, 0.3) is 0 Å². The number of para-hydroxylation sites is 1. The standard InChI is InChI=1S/C18H25N3O3/c22-10-7-21(6-5-20-8-11-24-12-9-20)18(23)13-15-14-19-17-4-2-1-3-16(15)17/h1-4,14,19,22H,5-13H2. The van der Waals surface area contributed by atoms with Gasteiger partial charge in [-0.15, -0.1) is 0 Å². The number of aliphatic hydroxyl groups excluding tert-OH is 1. The molecule has 2 aromatic rings. The van der Waals surface area contributed by atoms with Crippen LogP contribution in [-0.2, 0) is 16.0 Å². The third-order valence-corrected chi connectivity index (χ3v) is 4.53. The number of ether oxygens (including phenoxy) is 1. The van der Waals surface area contributed by atoms with Gasteiger partial charge in [0, 0.05) is 49.8 Å². The number of aliphatic hydroxyl groups is 1. The molecule has 130 valence electrons. The summed E-state index contributed by atoms with van der Waals surface area (Å²) in [7, 11) is 0. The average Bonchev–Trinajstić information content (AvgIpc) is 3.02. The Bertz CT molecular complexity index is 664. The lowest BCUT2D eigenvalue weighted by Gasteiger charge is -2.30. The van der Waals surface area contributed by atoms with Gasteiger partial charge in [-0.2, -0.15) is 0 Å². The Labute approximate surface area is 142 Å². The van der Waals surface area contributed by atoms with E-state index in [4.69, 9.17) is 4.74 Å². The second-order valence-electron chi connectivity index (χ2n) is 6.09. The van der Waals surface area contributed by atoms with Gasteiger partial charge in [0.2, 0.25) is 5.91 Å². The second kappa shape index (κ2) is 8.28. The van der Waals surface area contributed by atoms with Crippen LogP contribution in [0, 0.1) is 0 Å². The maximum atomic E-state index is 12.7. The van der Waals surface area contributed by atoms with Gasteiger partial charge in [-0.3, -0.25) is 9.69 Å². The highest BCUT2D eigenvalue weighted by atomic mass is 16.5. The van der Waals surface area contributed by atoms with Crippen LogP contribution >= 0.6 is 0 Å². The van der Waals surface area contributed by atoms with Crippen molar-refractivity contribution in [2.75, 3.05) is 52.5 Å². The fourth-order valence-corrected chi connectivity index (χ4v) is 3.12. The average molecular weight is 331 g/mol. The normalized spacial score (nSPS) is 15.7. The predicted octanol–water partition coefficient (Wildman–Crippen LogP) is 0.863. The zero-order valence-corrected chi connectivity index (χ0v) is 13.9. The number of hydrogen-bond donors (Lipinski definition) is 2. The van der Waals surface area contributed by atoms with E-state index in [0.29, 0.717) is 19.5 Å². The highest BCUT2D eigenvalue weighted by Crippen LogP contribution is 2.18. The Morgan fingerprint density at radius 2 is 2.04 bits per heavy atom. The van der Waals surface area contributed by atoms with E-state index in [0.717, 1.165) is 49.3 Å². The largest absolute Gasteiger partial charge is 0.395 e. The number of nitrogens with zero attached hydrogens (tertiary/aromatic N) is 2. The van der Waals surface area contributed by atoms with Crippen molar-refractivity contribution >= 4 is 16.8 Å². The Hall–Kier alpha value is -1.89. The Balaban J connectivity index is 1.61. The van der Waals surface area contributed by atoms with Gasteiger partial charge in [0.15, 0.2) is 0 Å². The lowest BCUT2D eigenvalue weighted by molar-refractivity contribution is -0.131. The number of fused-ring (bicyclic) bond motifs is 1. The lowest BCUT2D eigenvalue weighted by Crippen LogP contribution is -2.44. The maximum Gasteiger partial charge on any atom is 0.227 e. The molecule has 0 bridgehead atoms. The topological polar surface area (TPSA) is 68.8 Å². The van der Waals surface area contributed by atoms with Gasteiger partial charge >= 0.3 is 0 Å². The minimum absolute atomic E-state index is 0.0112. The molecule has 1 fully saturated rings. The minimum atomic E-state index is -0.0112. The summed E-state index contributed by atoms with van der Waals surface area (Å²) in [6, 6.07) is 7.99. The molecule has 6 nitrogen and oxygen atoms in total. The van der Waals surface area contributed by atoms with Crippen LogP contribution in [-0.4, -0.2) is 78.3 Å². The molecule has 1 aromatic carbocycles. The van der Waals surface area contributed by atoms with Gasteiger partial charge < -0.3 is 19.7 Å². The summed E-state index contributed by atoms with van der Waals surface area (Å²) in [4.78, 5) is 19.9. The molecular formula is C18H25N3O3. The van der Waals surface area contributed by atoms with Crippen molar-refractivity contribution in [2.45, 2.75) is 6.42 Å². The van der Waals surface area contributed by atoms with Gasteiger partial charge in [0.05, 0.1) is 26.2 Å². The van der Waals surface area contributed by atoms with Crippen molar-refractivity contribution in [3.63, 3.8) is 0 Å². The number of amides is 1. The van der Waals surface area contributed by atoms with Crippen LogP contribution in [0.5, 0.6) is 0 Å². The molecular weight excluding hydrogens is 306 g/mol. The third-order valence-electron chi connectivity index (χ3n) is 4.53. The zero-order chi connectivity index (χ0) is 16.8. The molecule has 0 radical (unpaired) electrons. The number of aromatic amines is 1. The smallest absolute Gasteiger partial charge is 0.227 e. The summed E-state index contributed by atoms with van der Waals surface area (Å²) in [5, 5.41) is 10.4. The van der Waals surface area contributed by atoms with Crippen LogP contribution in [0.4, 0.5) is 0 Å². The molecule has 0 saturated carbocycles.